The number of rotatable bonds is 9. The second kappa shape index (κ2) is 10.0. The van der Waals surface area contributed by atoms with E-state index in [-0.39, 0.29) is 24.8 Å². The number of benzene rings is 3. The van der Waals surface area contributed by atoms with Crippen molar-refractivity contribution in [2.45, 2.75) is 6.10 Å². The van der Waals surface area contributed by atoms with Crippen LogP contribution in [0.25, 0.3) is 0 Å². The fourth-order valence-corrected chi connectivity index (χ4v) is 2.55. The quantitative estimate of drug-likeness (QED) is 0.413. The summed E-state index contributed by atoms with van der Waals surface area (Å²) in [6.45, 7) is -0.100. The van der Waals surface area contributed by atoms with Crippen LogP contribution in [0, 0.1) is 10.1 Å². The van der Waals surface area contributed by atoms with Crippen molar-refractivity contribution in [3.63, 3.8) is 0 Å². The summed E-state index contributed by atoms with van der Waals surface area (Å²) in [5.74, 6) is 0.599. The number of nitro benzene ring substituents is 1. The highest BCUT2D eigenvalue weighted by Crippen LogP contribution is 2.20. The minimum Gasteiger partial charge on any atom is -0.491 e. The third kappa shape index (κ3) is 6.05. The van der Waals surface area contributed by atoms with Gasteiger partial charge in [0.15, 0.2) is 0 Å². The zero-order chi connectivity index (χ0) is 21.3. The highest BCUT2D eigenvalue weighted by Gasteiger charge is 2.10. The number of non-ortho nitro benzene ring substituents is 1. The number of hydrogen-bond donors (Lipinski definition) is 2. The van der Waals surface area contributed by atoms with Gasteiger partial charge in [0.1, 0.15) is 30.8 Å². The molecule has 0 spiro atoms. The Hall–Kier alpha value is -3.91. The second-order valence-electron chi connectivity index (χ2n) is 6.37. The Balaban J connectivity index is 1.45. The van der Waals surface area contributed by atoms with Crippen molar-refractivity contribution >= 4 is 17.3 Å². The van der Waals surface area contributed by atoms with Gasteiger partial charge >= 0.3 is 0 Å². The van der Waals surface area contributed by atoms with Crippen molar-refractivity contribution in [3.8, 4) is 11.5 Å². The number of aliphatic hydroxyl groups excluding tert-OH is 1. The molecular weight excluding hydrogens is 388 g/mol. The normalized spacial score (nSPS) is 11.4. The number of nitrogens with zero attached hydrogens (tertiary/aromatic N) is 1. The fraction of sp³-hybridized carbons (Fsp3) is 0.136. The number of nitrogens with one attached hydrogen (secondary N) is 1. The van der Waals surface area contributed by atoms with Crippen molar-refractivity contribution in [2.75, 3.05) is 18.5 Å². The third-order valence-electron chi connectivity index (χ3n) is 4.06. The summed E-state index contributed by atoms with van der Waals surface area (Å²) in [5, 5.41) is 23.6. The standard InChI is InChI=1S/C22H20N2O6/c25-19(15-30-21-8-4-7-18(13-21)24(27)28)14-29-20-11-9-17(10-12-20)23-22(26)16-5-2-1-3-6-16/h1-13,19,25H,14-15H2,(H,23,26)/t19-/m0/s1. The Kier molecular flexibility index (Phi) is 6.96. The average molecular weight is 408 g/mol. The number of carbonyl (C=O) groups excluding carboxylic acids is 1. The number of nitro groups is 1. The molecule has 8 nitrogen and oxygen atoms in total. The molecule has 0 saturated carbocycles. The topological polar surface area (TPSA) is 111 Å². The van der Waals surface area contributed by atoms with Crippen molar-refractivity contribution in [1.82, 2.24) is 0 Å². The molecule has 1 atom stereocenters. The van der Waals surface area contributed by atoms with E-state index in [1.807, 2.05) is 6.07 Å². The lowest BCUT2D eigenvalue weighted by atomic mass is 10.2. The van der Waals surface area contributed by atoms with Gasteiger partial charge in [-0.15, -0.1) is 0 Å². The molecule has 2 N–H and O–H groups in total. The first kappa shape index (κ1) is 20.8. The van der Waals surface area contributed by atoms with Gasteiger partial charge in [0.2, 0.25) is 0 Å². The van der Waals surface area contributed by atoms with Gasteiger partial charge in [-0.05, 0) is 42.5 Å². The van der Waals surface area contributed by atoms with Crippen LogP contribution in [-0.2, 0) is 0 Å². The van der Waals surface area contributed by atoms with Crippen LogP contribution in [0.5, 0.6) is 11.5 Å². The number of carbonyl (C=O) groups is 1. The van der Waals surface area contributed by atoms with Gasteiger partial charge in [-0.1, -0.05) is 24.3 Å². The van der Waals surface area contributed by atoms with E-state index in [9.17, 15) is 20.0 Å². The monoisotopic (exact) mass is 408 g/mol. The molecule has 0 aliphatic carbocycles. The largest absolute Gasteiger partial charge is 0.491 e. The van der Waals surface area contributed by atoms with Crippen LogP contribution >= 0.6 is 0 Å². The molecule has 0 heterocycles. The smallest absolute Gasteiger partial charge is 0.273 e. The van der Waals surface area contributed by atoms with Gasteiger partial charge in [0.05, 0.1) is 11.0 Å². The van der Waals surface area contributed by atoms with Crippen molar-refractivity contribution in [2.24, 2.45) is 0 Å². The highest BCUT2D eigenvalue weighted by atomic mass is 16.6. The number of amides is 1. The predicted octanol–water partition coefficient (Wildman–Crippen LogP) is 3.67. The molecule has 1 amide bonds. The van der Waals surface area contributed by atoms with E-state index in [1.165, 1.54) is 18.2 Å². The number of hydrogen-bond acceptors (Lipinski definition) is 6. The van der Waals surface area contributed by atoms with Crippen LogP contribution in [0.1, 0.15) is 10.4 Å². The Labute approximate surface area is 172 Å². The number of ether oxygens (including phenoxy) is 2. The summed E-state index contributed by atoms with van der Waals surface area (Å²) >= 11 is 0. The molecule has 3 aromatic carbocycles. The van der Waals surface area contributed by atoms with E-state index in [4.69, 9.17) is 9.47 Å². The van der Waals surface area contributed by atoms with Crippen molar-refractivity contribution in [3.05, 3.63) is 94.5 Å². The van der Waals surface area contributed by atoms with Crippen molar-refractivity contribution in [1.29, 1.82) is 0 Å². The zero-order valence-electron chi connectivity index (χ0n) is 15.9. The Bertz CT molecular complexity index is 992. The fourth-order valence-electron chi connectivity index (χ4n) is 2.55. The maximum absolute atomic E-state index is 12.1. The van der Waals surface area contributed by atoms with Gasteiger partial charge in [-0.3, -0.25) is 14.9 Å². The molecule has 30 heavy (non-hydrogen) atoms. The van der Waals surface area contributed by atoms with Crippen LogP contribution in [0.4, 0.5) is 11.4 Å². The van der Waals surface area contributed by atoms with Gasteiger partial charge in [0, 0.05) is 17.3 Å². The summed E-state index contributed by atoms with van der Waals surface area (Å²) in [5.41, 5.74) is 1.09. The molecular formula is C22H20N2O6. The lowest BCUT2D eigenvalue weighted by Crippen LogP contribution is -2.25. The van der Waals surface area contributed by atoms with Gasteiger partial charge in [-0.2, -0.15) is 0 Å². The number of anilines is 1. The van der Waals surface area contributed by atoms with Crippen LogP contribution in [0.3, 0.4) is 0 Å². The molecule has 3 aromatic rings. The maximum Gasteiger partial charge on any atom is 0.273 e. The first-order valence-electron chi connectivity index (χ1n) is 9.16. The Morgan fingerprint density at radius 2 is 1.60 bits per heavy atom. The Morgan fingerprint density at radius 1 is 0.933 bits per heavy atom. The van der Waals surface area contributed by atoms with Gasteiger partial charge in [-0.25, -0.2) is 0 Å². The summed E-state index contributed by atoms with van der Waals surface area (Å²) in [6.07, 6.45) is -0.929. The van der Waals surface area contributed by atoms with Gasteiger partial charge < -0.3 is 19.9 Å². The molecule has 154 valence electrons. The molecule has 0 aliphatic heterocycles. The Morgan fingerprint density at radius 3 is 2.27 bits per heavy atom. The van der Waals surface area contributed by atoms with E-state index in [2.05, 4.69) is 5.32 Å². The zero-order valence-corrected chi connectivity index (χ0v) is 15.9. The van der Waals surface area contributed by atoms with Gasteiger partial charge in [0.25, 0.3) is 11.6 Å². The molecule has 0 aromatic heterocycles. The van der Waals surface area contributed by atoms with E-state index < -0.39 is 11.0 Å². The van der Waals surface area contributed by atoms with Crippen LogP contribution in [-0.4, -0.2) is 35.3 Å². The summed E-state index contributed by atoms with van der Waals surface area (Å²) < 4.78 is 10.9. The molecule has 8 heteroatoms. The van der Waals surface area contributed by atoms with Crippen LogP contribution < -0.4 is 14.8 Å². The van der Waals surface area contributed by atoms with E-state index >= 15 is 0 Å². The molecule has 0 unspecified atom stereocenters. The summed E-state index contributed by atoms with van der Waals surface area (Å²) in [6, 6.07) is 21.3. The highest BCUT2D eigenvalue weighted by molar-refractivity contribution is 6.04. The maximum atomic E-state index is 12.1. The molecule has 0 bridgehead atoms. The lowest BCUT2D eigenvalue weighted by molar-refractivity contribution is -0.384. The first-order valence-corrected chi connectivity index (χ1v) is 9.16. The summed E-state index contributed by atoms with van der Waals surface area (Å²) in [7, 11) is 0. The molecule has 0 fully saturated rings. The van der Waals surface area contributed by atoms with Crippen LogP contribution in [0.15, 0.2) is 78.9 Å². The van der Waals surface area contributed by atoms with Crippen LogP contribution in [0.2, 0.25) is 0 Å². The van der Waals surface area contributed by atoms with E-state index in [0.717, 1.165) is 0 Å². The molecule has 3 rings (SSSR count). The minimum atomic E-state index is -0.929. The molecule has 0 aliphatic rings. The lowest BCUT2D eigenvalue weighted by Gasteiger charge is -2.14. The van der Waals surface area contributed by atoms with Crippen molar-refractivity contribution < 1.29 is 24.3 Å². The predicted molar refractivity (Wildman–Crippen MR) is 111 cm³/mol. The summed E-state index contributed by atoms with van der Waals surface area (Å²) in [4.78, 5) is 22.4. The first-order chi connectivity index (χ1) is 14.5. The van der Waals surface area contributed by atoms with E-state index in [0.29, 0.717) is 22.7 Å². The molecule has 0 saturated heterocycles. The third-order valence-corrected chi connectivity index (χ3v) is 4.06. The minimum absolute atomic E-state index is 0.0232. The van der Waals surface area contributed by atoms with E-state index in [1.54, 1.807) is 54.6 Å². The number of aliphatic hydroxyl groups is 1. The average Bonchev–Trinajstić information content (AvgIpc) is 2.78. The SMILES string of the molecule is O=C(Nc1ccc(OC[C@H](O)COc2cccc([N+](=O)[O-])c2)cc1)c1ccccc1. The second-order valence-corrected chi connectivity index (χ2v) is 6.37. The molecule has 0 radical (unpaired) electrons.